The summed E-state index contributed by atoms with van der Waals surface area (Å²) in [5, 5.41) is 10.8. The molecule has 6 atom stereocenters. The van der Waals surface area contributed by atoms with Crippen LogP contribution in [0.2, 0.25) is 0 Å². The Bertz CT molecular complexity index is 506. The Balaban J connectivity index is 2.22. The molecule has 0 amide bonds. The van der Waals surface area contributed by atoms with Crippen LogP contribution in [0, 0.1) is 11.3 Å². The fraction of sp³-hybridized carbons (Fsp3) is 1.00. The number of aliphatic hydroxyl groups is 1. The molecular formula is C20H35F4NO3. The molecule has 0 spiro atoms. The van der Waals surface area contributed by atoms with Crippen molar-refractivity contribution in [2.45, 2.75) is 89.6 Å². The minimum atomic E-state index is -4.79. The number of rotatable bonds is 6. The molecule has 1 heterocycles. The molecule has 1 aliphatic heterocycles. The Morgan fingerprint density at radius 3 is 2.18 bits per heavy atom. The molecule has 1 saturated carbocycles. The summed E-state index contributed by atoms with van der Waals surface area (Å²) in [5.41, 5.74) is -3.83. The number of nitrogens with zero attached hydrogens (tertiary/aromatic N) is 1. The number of hydrogen-bond acceptors (Lipinski definition) is 4. The molecule has 6 unspecified atom stereocenters. The Morgan fingerprint density at radius 1 is 1.11 bits per heavy atom. The van der Waals surface area contributed by atoms with Gasteiger partial charge < -0.3 is 14.6 Å². The summed E-state index contributed by atoms with van der Waals surface area (Å²) in [5.74, 6) is -0.391. The first-order chi connectivity index (χ1) is 12.8. The quantitative estimate of drug-likeness (QED) is 0.670. The molecule has 166 valence electrons. The molecule has 0 aromatic carbocycles. The van der Waals surface area contributed by atoms with E-state index < -0.39 is 42.2 Å². The lowest BCUT2D eigenvalue weighted by Gasteiger charge is -2.48. The monoisotopic (exact) mass is 413 g/mol. The van der Waals surface area contributed by atoms with E-state index in [0.29, 0.717) is 25.9 Å². The van der Waals surface area contributed by atoms with Gasteiger partial charge in [0.15, 0.2) is 5.60 Å². The Kier molecular flexibility index (Phi) is 7.44. The van der Waals surface area contributed by atoms with E-state index in [1.54, 1.807) is 18.7 Å². The highest BCUT2D eigenvalue weighted by Crippen LogP contribution is 2.48. The fourth-order valence-corrected chi connectivity index (χ4v) is 5.11. The lowest BCUT2D eigenvalue weighted by atomic mass is 9.64. The van der Waals surface area contributed by atoms with Crippen molar-refractivity contribution >= 4 is 0 Å². The minimum Gasteiger partial charge on any atom is -0.381 e. The topological polar surface area (TPSA) is 41.9 Å². The van der Waals surface area contributed by atoms with Gasteiger partial charge in [-0.1, -0.05) is 13.8 Å². The van der Waals surface area contributed by atoms with Gasteiger partial charge in [0, 0.05) is 26.7 Å². The smallest absolute Gasteiger partial charge is 0.381 e. The van der Waals surface area contributed by atoms with Crippen LogP contribution in [-0.4, -0.2) is 73.0 Å². The third-order valence-electron chi connectivity index (χ3n) is 6.29. The highest BCUT2D eigenvalue weighted by molar-refractivity contribution is 4.99. The molecule has 8 heteroatoms. The molecular weight excluding hydrogens is 378 g/mol. The number of morpholine rings is 1. The first kappa shape index (κ1) is 23.8. The van der Waals surface area contributed by atoms with Gasteiger partial charge in [-0.25, -0.2) is 4.39 Å². The first-order valence-electron chi connectivity index (χ1n) is 10.1. The molecule has 2 fully saturated rings. The van der Waals surface area contributed by atoms with E-state index in [0.717, 1.165) is 0 Å². The van der Waals surface area contributed by atoms with Crippen LogP contribution in [0.3, 0.4) is 0 Å². The summed E-state index contributed by atoms with van der Waals surface area (Å²) in [7, 11) is 1.51. The van der Waals surface area contributed by atoms with Crippen molar-refractivity contribution < 1.29 is 32.1 Å². The second-order valence-corrected chi connectivity index (χ2v) is 9.44. The fourth-order valence-electron chi connectivity index (χ4n) is 5.11. The van der Waals surface area contributed by atoms with Crippen LogP contribution in [0.4, 0.5) is 17.6 Å². The van der Waals surface area contributed by atoms with Crippen molar-refractivity contribution in [1.82, 2.24) is 4.90 Å². The molecule has 0 radical (unpaired) electrons. The zero-order valence-electron chi connectivity index (χ0n) is 17.6. The van der Waals surface area contributed by atoms with Crippen molar-refractivity contribution in [2.75, 3.05) is 26.7 Å². The van der Waals surface area contributed by atoms with E-state index in [4.69, 9.17) is 9.47 Å². The van der Waals surface area contributed by atoms with Crippen LogP contribution in [0.15, 0.2) is 0 Å². The maximum atomic E-state index is 14.0. The third kappa shape index (κ3) is 5.58. The number of hydrogen-bond donors (Lipinski definition) is 1. The predicted octanol–water partition coefficient (Wildman–Crippen LogP) is 3.96. The predicted molar refractivity (Wildman–Crippen MR) is 98.9 cm³/mol. The van der Waals surface area contributed by atoms with Crippen LogP contribution in [0.5, 0.6) is 0 Å². The average Bonchev–Trinajstić information content (AvgIpc) is 2.52. The highest BCUT2D eigenvalue weighted by Gasteiger charge is 2.58. The molecule has 0 aromatic rings. The molecule has 0 bridgehead atoms. The molecule has 1 aliphatic carbocycles. The van der Waals surface area contributed by atoms with Gasteiger partial charge in [0.1, 0.15) is 6.17 Å². The number of methoxy groups -OCH3 is 1. The van der Waals surface area contributed by atoms with Gasteiger partial charge in [0.25, 0.3) is 0 Å². The standard InChI is InChI=1S/C20H35F4NO3/c1-13-9-25(10-14(2)28-13)12-19(26,20(22,23)24)11-18(3,4)16-8-15(21)6-7-17(16)27-5/h13-17,26H,6-12H2,1-5H3. The van der Waals surface area contributed by atoms with E-state index in [2.05, 4.69) is 0 Å². The van der Waals surface area contributed by atoms with Crippen LogP contribution in [-0.2, 0) is 9.47 Å². The van der Waals surface area contributed by atoms with Gasteiger partial charge in [-0.3, -0.25) is 4.90 Å². The molecule has 2 aliphatic rings. The molecule has 0 aromatic heterocycles. The number of alkyl halides is 4. The van der Waals surface area contributed by atoms with Crippen LogP contribution < -0.4 is 0 Å². The summed E-state index contributed by atoms with van der Waals surface area (Å²) in [6.07, 6.45) is -6.03. The van der Waals surface area contributed by atoms with E-state index >= 15 is 0 Å². The van der Waals surface area contributed by atoms with Gasteiger partial charge in [-0.05, 0) is 50.9 Å². The Labute approximate surface area is 165 Å². The van der Waals surface area contributed by atoms with Gasteiger partial charge in [0.05, 0.1) is 18.3 Å². The summed E-state index contributed by atoms with van der Waals surface area (Å²) < 4.78 is 67.1. The van der Waals surface area contributed by atoms with Crippen molar-refractivity contribution in [2.24, 2.45) is 11.3 Å². The minimum absolute atomic E-state index is 0.158. The third-order valence-corrected chi connectivity index (χ3v) is 6.29. The summed E-state index contributed by atoms with van der Waals surface area (Å²) in [6.45, 7) is 7.14. The van der Waals surface area contributed by atoms with Crippen molar-refractivity contribution in [3.63, 3.8) is 0 Å². The second kappa shape index (κ2) is 8.74. The zero-order valence-corrected chi connectivity index (χ0v) is 17.6. The maximum Gasteiger partial charge on any atom is 0.418 e. The Hall–Kier alpha value is -0.440. The SMILES string of the molecule is COC1CCC(F)CC1C(C)(C)CC(O)(CN1CC(C)OC(C)C1)C(F)(F)F. The van der Waals surface area contributed by atoms with E-state index in [1.807, 2.05) is 13.8 Å². The summed E-state index contributed by atoms with van der Waals surface area (Å²) in [4.78, 5) is 1.62. The molecule has 1 N–H and O–H groups in total. The number of ether oxygens (including phenoxy) is 2. The highest BCUT2D eigenvalue weighted by atomic mass is 19.4. The Morgan fingerprint density at radius 2 is 1.68 bits per heavy atom. The largest absolute Gasteiger partial charge is 0.418 e. The molecule has 2 rings (SSSR count). The molecule has 1 saturated heterocycles. The summed E-state index contributed by atoms with van der Waals surface area (Å²) in [6, 6.07) is 0. The van der Waals surface area contributed by atoms with E-state index in [9.17, 15) is 22.7 Å². The normalized spacial score (nSPS) is 35.6. The lowest BCUT2D eigenvalue weighted by Crippen LogP contribution is -2.60. The average molecular weight is 413 g/mol. The van der Waals surface area contributed by atoms with Crippen LogP contribution in [0.25, 0.3) is 0 Å². The first-order valence-corrected chi connectivity index (χ1v) is 10.1. The van der Waals surface area contributed by atoms with E-state index in [1.165, 1.54) is 7.11 Å². The van der Waals surface area contributed by atoms with E-state index in [-0.39, 0.29) is 24.7 Å². The van der Waals surface area contributed by atoms with Crippen molar-refractivity contribution in [3.05, 3.63) is 0 Å². The van der Waals surface area contributed by atoms with Gasteiger partial charge in [0.2, 0.25) is 0 Å². The van der Waals surface area contributed by atoms with Crippen LogP contribution >= 0.6 is 0 Å². The van der Waals surface area contributed by atoms with Gasteiger partial charge in [-0.15, -0.1) is 0 Å². The molecule has 28 heavy (non-hydrogen) atoms. The number of halogens is 4. The second-order valence-electron chi connectivity index (χ2n) is 9.44. The maximum absolute atomic E-state index is 14.0. The van der Waals surface area contributed by atoms with Crippen molar-refractivity contribution in [3.8, 4) is 0 Å². The van der Waals surface area contributed by atoms with Gasteiger partial charge in [-0.2, -0.15) is 13.2 Å². The van der Waals surface area contributed by atoms with Crippen LogP contribution in [0.1, 0.15) is 53.4 Å². The number of β-amino-alcohol motifs (C(OH)–C–C–N with tert-alkyl or cyclic N) is 1. The molecule has 4 nitrogen and oxygen atoms in total. The zero-order chi connectivity index (χ0) is 21.3. The lowest BCUT2D eigenvalue weighted by molar-refractivity contribution is -0.281. The van der Waals surface area contributed by atoms with Gasteiger partial charge >= 0.3 is 6.18 Å². The van der Waals surface area contributed by atoms with Crippen molar-refractivity contribution in [1.29, 1.82) is 0 Å². The summed E-state index contributed by atoms with van der Waals surface area (Å²) >= 11 is 0.